The van der Waals surface area contributed by atoms with Crippen molar-refractivity contribution >= 4 is 11.9 Å². The van der Waals surface area contributed by atoms with Crippen LogP contribution in [-0.2, 0) is 4.79 Å². The number of alkyl halides is 7. The predicted octanol–water partition coefficient (Wildman–Crippen LogP) is 4.95. The minimum Gasteiger partial charge on any atom is -0.419 e. The lowest BCUT2D eigenvalue weighted by Crippen LogP contribution is -2.57. The van der Waals surface area contributed by atoms with E-state index < -0.39 is 41.5 Å². The van der Waals surface area contributed by atoms with E-state index in [1.54, 1.807) is 19.1 Å². The van der Waals surface area contributed by atoms with Gasteiger partial charge < -0.3 is 9.47 Å². The summed E-state index contributed by atoms with van der Waals surface area (Å²) in [6.07, 6.45) is -6.70. The maximum atomic E-state index is 13.4. The van der Waals surface area contributed by atoms with E-state index in [1.165, 1.54) is 18.2 Å². The Morgan fingerprint density at radius 1 is 0.759 bits per heavy atom. The molecule has 11 heteroatoms. The van der Waals surface area contributed by atoms with E-state index >= 15 is 0 Å². The SMILES string of the molecule is Cc1ccc(C(=O)Oc2ccccc2OC(=O)C(F)(F)C(F)(F)C(F)(F)F)cc1. The van der Waals surface area contributed by atoms with Crippen molar-refractivity contribution in [2.24, 2.45) is 0 Å². The maximum Gasteiger partial charge on any atom is 0.460 e. The molecule has 2 aromatic rings. The van der Waals surface area contributed by atoms with E-state index in [-0.39, 0.29) is 5.56 Å². The van der Waals surface area contributed by atoms with E-state index in [0.717, 1.165) is 23.8 Å². The summed E-state index contributed by atoms with van der Waals surface area (Å²) in [5.74, 6) is -18.7. The van der Waals surface area contributed by atoms with Gasteiger partial charge in [-0.3, -0.25) is 0 Å². The number of aryl methyl sites for hydroxylation is 1. The smallest absolute Gasteiger partial charge is 0.419 e. The minimum absolute atomic E-state index is 0.0191. The van der Waals surface area contributed by atoms with Gasteiger partial charge in [-0.1, -0.05) is 29.8 Å². The Hall–Kier alpha value is -3.11. The first kappa shape index (κ1) is 22.2. The van der Waals surface area contributed by atoms with Crippen LogP contribution >= 0.6 is 0 Å². The number of halogens is 7. The molecule has 0 amide bonds. The molecule has 0 aliphatic rings. The third-order valence-electron chi connectivity index (χ3n) is 3.55. The van der Waals surface area contributed by atoms with Crippen LogP contribution in [0.5, 0.6) is 11.5 Å². The van der Waals surface area contributed by atoms with Crippen molar-refractivity contribution in [2.45, 2.75) is 24.9 Å². The molecule has 2 rings (SSSR count). The van der Waals surface area contributed by atoms with Crippen LogP contribution in [0.25, 0.3) is 0 Å². The van der Waals surface area contributed by atoms with Crippen molar-refractivity contribution in [2.75, 3.05) is 0 Å². The molecule has 156 valence electrons. The Labute approximate surface area is 158 Å². The summed E-state index contributed by atoms with van der Waals surface area (Å²) in [4.78, 5) is 23.5. The van der Waals surface area contributed by atoms with Gasteiger partial charge in [0.25, 0.3) is 0 Å². The largest absolute Gasteiger partial charge is 0.460 e. The highest BCUT2D eigenvalue weighted by Gasteiger charge is 2.77. The van der Waals surface area contributed by atoms with Gasteiger partial charge in [0.1, 0.15) is 0 Å². The average Bonchev–Trinajstić information content (AvgIpc) is 2.62. The van der Waals surface area contributed by atoms with Crippen LogP contribution in [0.3, 0.4) is 0 Å². The second kappa shape index (κ2) is 7.72. The van der Waals surface area contributed by atoms with Crippen LogP contribution in [0.4, 0.5) is 30.7 Å². The fourth-order valence-corrected chi connectivity index (χ4v) is 1.94. The fraction of sp³-hybridized carbons (Fsp3) is 0.222. The lowest BCUT2D eigenvalue weighted by atomic mass is 10.1. The Bertz CT molecular complexity index is 905. The van der Waals surface area contributed by atoms with E-state index in [4.69, 9.17) is 4.74 Å². The summed E-state index contributed by atoms with van der Waals surface area (Å²) < 4.78 is 98.2. The zero-order valence-electron chi connectivity index (χ0n) is 14.4. The van der Waals surface area contributed by atoms with Crippen molar-refractivity contribution in [3.63, 3.8) is 0 Å². The topological polar surface area (TPSA) is 52.6 Å². The molecule has 4 nitrogen and oxygen atoms in total. The van der Waals surface area contributed by atoms with Crippen molar-refractivity contribution < 1.29 is 49.8 Å². The van der Waals surface area contributed by atoms with Gasteiger partial charge in [-0.25, -0.2) is 9.59 Å². The van der Waals surface area contributed by atoms with Gasteiger partial charge in [0.05, 0.1) is 5.56 Å². The van der Waals surface area contributed by atoms with Crippen molar-refractivity contribution in [3.05, 3.63) is 59.7 Å². The molecule has 0 fully saturated rings. The van der Waals surface area contributed by atoms with E-state index in [2.05, 4.69) is 4.74 Å². The lowest BCUT2D eigenvalue weighted by Gasteiger charge is -2.26. The number of ether oxygens (including phenoxy) is 2. The third kappa shape index (κ3) is 4.49. The first-order valence-corrected chi connectivity index (χ1v) is 7.70. The standard InChI is InChI=1S/C18H11F7O4/c1-10-6-8-11(9-7-10)14(26)28-12-4-2-3-5-13(12)29-15(27)16(19,20)17(21,22)18(23,24)25/h2-9H,1H3. The van der Waals surface area contributed by atoms with Crippen LogP contribution in [0, 0.1) is 6.92 Å². The van der Waals surface area contributed by atoms with Crippen molar-refractivity contribution in [1.82, 2.24) is 0 Å². The molecule has 0 radical (unpaired) electrons. The second-order valence-electron chi connectivity index (χ2n) is 5.74. The monoisotopic (exact) mass is 424 g/mol. The van der Waals surface area contributed by atoms with Crippen molar-refractivity contribution in [3.8, 4) is 11.5 Å². The van der Waals surface area contributed by atoms with Gasteiger partial charge in [0, 0.05) is 0 Å². The number of hydrogen-bond donors (Lipinski definition) is 0. The van der Waals surface area contributed by atoms with Crippen molar-refractivity contribution in [1.29, 1.82) is 0 Å². The predicted molar refractivity (Wildman–Crippen MR) is 84.2 cm³/mol. The Kier molecular flexibility index (Phi) is 5.91. The highest BCUT2D eigenvalue weighted by atomic mass is 19.4. The lowest BCUT2D eigenvalue weighted by molar-refractivity contribution is -0.346. The minimum atomic E-state index is -6.70. The molecule has 0 aliphatic carbocycles. The molecule has 0 saturated carbocycles. The molecule has 0 unspecified atom stereocenters. The zero-order valence-corrected chi connectivity index (χ0v) is 14.4. The Morgan fingerprint density at radius 2 is 1.24 bits per heavy atom. The van der Waals surface area contributed by atoms with Crippen LogP contribution in [0.15, 0.2) is 48.5 Å². The Morgan fingerprint density at radius 3 is 1.72 bits per heavy atom. The van der Waals surface area contributed by atoms with Crippen LogP contribution in [0.2, 0.25) is 0 Å². The first-order valence-electron chi connectivity index (χ1n) is 7.70. The van der Waals surface area contributed by atoms with Gasteiger partial charge in [0.15, 0.2) is 11.5 Å². The second-order valence-corrected chi connectivity index (χ2v) is 5.74. The number of esters is 2. The highest BCUT2D eigenvalue weighted by molar-refractivity contribution is 5.91. The summed E-state index contributed by atoms with van der Waals surface area (Å²) >= 11 is 0. The van der Waals surface area contributed by atoms with Gasteiger partial charge in [-0.2, -0.15) is 30.7 Å². The molecule has 2 aromatic carbocycles. The Balaban J connectivity index is 2.25. The summed E-state index contributed by atoms with van der Waals surface area (Å²) in [7, 11) is 0. The molecular weight excluding hydrogens is 413 g/mol. The van der Waals surface area contributed by atoms with E-state index in [9.17, 15) is 40.3 Å². The van der Waals surface area contributed by atoms with Gasteiger partial charge >= 0.3 is 30.0 Å². The maximum absolute atomic E-state index is 13.4. The van der Waals surface area contributed by atoms with Crippen LogP contribution in [-0.4, -0.2) is 30.0 Å². The molecule has 0 aliphatic heterocycles. The molecule has 0 spiro atoms. The number of carbonyl (C=O) groups is 2. The normalized spacial score (nSPS) is 12.4. The number of carbonyl (C=O) groups excluding carboxylic acids is 2. The molecular formula is C18H11F7O4. The number of para-hydroxylation sites is 2. The summed E-state index contributed by atoms with van der Waals surface area (Å²) in [5, 5.41) is 0. The summed E-state index contributed by atoms with van der Waals surface area (Å²) in [6.45, 7) is 1.74. The number of benzene rings is 2. The number of hydrogen-bond acceptors (Lipinski definition) is 4. The summed E-state index contributed by atoms with van der Waals surface area (Å²) in [6, 6.07) is 9.90. The third-order valence-corrected chi connectivity index (χ3v) is 3.55. The molecule has 0 N–H and O–H groups in total. The molecule has 0 aromatic heterocycles. The molecule has 0 atom stereocenters. The van der Waals surface area contributed by atoms with E-state index in [0.29, 0.717) is 0 Å². The van der Waals surface area contributed by atoms with Gasteiger partial charge in [-0.15, -0.1) is 0 Å². The zero-order chi connectivity index (χ0) is 22.0. The molecule has 0 saturated heterocycles. The highest BCUT2D eigenvalue weighted by Crippen LogP contribution is 2.47. The van der Waals surface area contributed by atoms with E-state index in [1.807, 2.05) is 0 Å². The molecule has 29 heavy (non-hydrogen) atoms. The quantitative estimate of drug-likeness (QED) is 0.387. The summed E-state index contributed by atoms with van der Waals surface area (Å²) in [5.41, 5.74) is 0.828. The number of rotatable bonds is 5. The first-order chi connectivity index (χ1) is 13.3. The molecule has 0 bridgehead atoms. The van der Waals surface area contributed by atoms with Crippen LogP contribution < -0.4 is 9.47 Å². The average molecular weight is 424 g/mol. The van der Waals surface area contributed by atoms with Gasteiger partial charge in [0.2, 0.25) is 0 Å². The molecule has 0 heterocycles. The van der Waals surface area contributed by atoms with Crippen LogP contribution in [0.1, 0.15) is 15.9 Å². The fourth-order valence-electron chi connectivity index (χ4n) is 1.94. The van der Waals surface area contributed by atoms with Gasteiger partial charge in [-0.05, 0) is 31.2 Å².